The molecular weight excluding hydrogens is 217 g/mol. The molecule has 0 aliphatic heterocycles. The minimum Gasteiger partial charge on any atom is -0.384 e. The highest BCUT2D eigenvalue weighted by Crippen LogP contribution is 2.15. The first-order chi connectivity index (χ1) is 8.02. The molecule has 0 saturated heterocycles. The van der Waals surface area contributed by atoms with Crippen LogP contribution in [-0.4, -0.2) is 19.8 Å². The molecule has 0 aromatic heterocycles. The lowest BCUT2D eigenvalue weighted by atomic mass is 9.95. The van der Waals surface area contributed by atoms with Gasteiger partial charge in [-0.15, -0.1) is 0 Å². The molecule has 17 heavy (non-hydrogen) atoms. The summed E-state index contributed by atoms with van der Waals surface area (Å²) in [7, 11) is 1.70. The average molecular weight is 239 g/mol. The monoisotopic (exact) mass is 239 g/mol. The van der Waals surface area contributed by atoms with Crippen LogP contribution in [0.5, 0.6) is 0 Å². The average Bonchev–Trinajstić information content (AvgIpc) is 2.22. The lowest BCUT2D eigenvalue weighted by Crippen LogP contribution is -2.27. The summed E-state index contributed by atoms with van der Waals surface area (Å²) in [5.74, 6) is 0.267. The summed E-state index contributed by atoms with van der Waals surface area (Å²) in [5, 5.41) is 0. The second-order valence-corrected chi connectivity index (χ2v) is 4.83. The van der Waals surface area contributed by atoms with Gasteiger partial charge in [0.05, 0.1) is 0 Å². The molecule has 1 aromatic rings. The molecular formula is C14H22FNO. The van der Waals surface area contributed by atoms with E-state index in [1.165, 1.54) is 6.07 Å². The molecule has 2 unspecified atom stereocenters. The molecule has 2 N–H and O–H groups in total. The van der Waals surface area contributed by atoms with Crippen molar-refractivity contribution in [2.45, 2.75) is 32.7 Å². The molecule has 0 heterocycles. The largest absolute Gasteiger partial charge is 0.384 e. The molecule has 0 spiro atoms. The third-order valence-corrected chi connectivity index (χ3v) is 2.94. The Kier molecular flexibility index (Phi) is 5.59. The van der Waals surface area contributed by atoms with Crippen molar-refractivity contribution in [2.75, 3.05) is 13.7 Å². The minimum absolute atomic E-state index is 0.101. The molecule has 0 aliphatic rings. The first kappa shape index (κ1) is 14.1. The Bertz CT molecular complexity index is 354. The summed E-state index contributed by atoms with van der Waals surface area (Å²) in [6.45, 7) is 4.78. The van der Waals surface area contributed by atoms with Gasteiger partial charge in [0.25, 0.3) is 0 Å². The maximum Gasteiger partial charge on any atom is 0.123 e. The molecule has 3 heteroatoms. The van der Waals surface area contributed by atoms with Crippen molar-refractivity contribution in [3.05, 3.63) is 35.1 Å². The van der Waals surface area contributed by atoms with E-state index in [0.717, 1.165) is 30.6 Å². The van der Waals surface area contributed by atoms with Gasteiger partial charge in [-0.1, -0.05) is 13.0 Å². The van der Waals surface area contributed by atoms with Crippen molar-refractivity contribution >= 4 is 0 Å². The Balaban J connectivity index is 2.52. The van der Waals surface area contributed by atoms with Crippen LogP contribution < -0.4 is 5.73 Å². The van der Waals surface area contributed by atoms with Crippen molar-refractivity contribution in [3.8, 4) is 0 Å². The SMILES string of the molecule is COCC(C)CC(N)Cc1ccc(F)cc1C. The van der Waals surface area contributed by atoms with Gasteiger partial charge in [0.1, 0.15) is 5.82 Å². The third-order valence-electron chi connectivity index (χ3n) is 2.94. The lowest BCUT2D eigenvalue weighted by Gasteiger charge is -2.17. The van der Waals surface area contributed by atoms with Gasteiger partial charge in [0.15, 0.2) is 0 Å². The molecule has 1 rings (SSSR count). The van der Waals surface area contributed by atoms with E-state index in [1.807, 2.05) is 13.0 Å². The van der Waals surface area contributed by atoms with Crippen LogP contribution in [0.15, 0.2) is 18.2 Å². The van der Waals surface area contributed by atoms with Gasteiger partial charge in [-0.2, -0.15) is 0 Å². The van der Waals surface area contributed by atoms with Gasteiger partial charge < -0.3 is 10.5 Å². The van der Waals surface area contributed by atoms with Crippen LogP contribution >= 0.6 is 0 Å². The van der Waals surface area contributed by atoms with Crippen molar-refractivity contribution in [2.24, 2.45) is 11.7 Å². The summed E-state index contributed by atoms with van der Waals surface area (Å²) >= 11 is 0. The number of aryl methyl sites for hydroxylation is 1. The quantitative estimate of drug-likeness (QED) is 0.828. The van der Waals surface area contributed by atoms with Crippen molar-refractivity contribution in [1.29, 1.82) is 0 Å². The Hall–Kier alpha value is -0.930. The predicted octanol–water partition coefficient (Wildman–Crippen LogP) is 2.68. The minimum atomic E-state index is -0.187. The van der Waals surface area contributed by atoms with Crippen LogP contribution in [0, 0.1) is 18.7 Å². The highest BCUT2D eigenvalue weighted by Gasteiger charge is 2.11. The molecule has 0 fully saturated rings. The number of hydrogen-bond acceptors (Lipinski definition) is 2. The highest BCUT2D eigenvalue weighted by atomic mass is 19.1. The molecule has 96 valence electrons. The fraction of sp³-hybridized carbons (Fsp3) is 0.571. The van der Waals surface area contributed by atoms with Crippen molar-refractivity contribution in [3.63, 3.8) is 0 Å². The van der Waals surface area contributed by atoms with Gasteiger partial charge in [0, 0.05) is 19.8 Å². The number of ether oxygens (including phenoxy) is 1. The van der Waals surface area contributed by atoms with E-state index in [9.17, 15) is 4.39 Å². The number of nitrogens with two attached hydrogens (primary N) is 1. The van der Waals surface area contributed by atoms with Crippen LogP contribution in [0.1, 0.15) is 24.5 Å². The standard InChI is InChI=1S/C14H22FNO/c1-10(9-17-3)6-14(16)8-12-4-5-13(15)7-11(12)2/h4-5,7,10,14H,6,8-9,16H2,1-3H3. The van der Waals surface area contributed by atoms with E-state index in [-0.39, 0.29) is 11.9 Å². The third kappa shape index (κ3) is 4.84. The van der Waals surface area contributed by atoms with Gasteiger partial charge in [-0.25, -0.2) is 4.39 Å². The van der Waals surface area contributed by atoms with Crippen molar-refractivity contribution < 1.29 is 9.13 Å². The second-order valence-electron chi connectivity index (χ2n) is 4.83. The molecule has 0 amide bonds. The van der Waals surface area contributed by atoms with E-state index in [2.05, 4.69) is 6.92 Å². The summed E-state index contributed by atoms with van der Waals surface area (Å²) in [4.78, 5) is 0. The summed E-state index contributed by atoms with van der Waals surface area (Å²) < 4.78 is 18.0. The van der Waals surface area contributed by atoms with Crippen LogP contribution in [0.25, 0.3) is 0 Å². The molecule has 0 bridgehead atoms. The fourth-order valence-corrected chi connectivity index (χ4v) is 2.12. The van der Waals surface area contributed by atoms with Gasteiger partial charge in [-0.3, -0.25) is 0 Å². The zero-order valence-electron chi connectivity index (χ0n) is 10.9. The topological polar surface area (TPSA) is 35.2 Å². The van der Waals surface area contributed by atoms with E-state index in [0.29, 0.717) is 5.92 Å². The Labute approximate surface area is 103 Å². The highest BCUT2D eigenvalue weighted by molar-refractivity contribution is 5.27. The Morgan fingerprint density at radius 1 is 1.41 bits per heavy atom. The van der Waals surface area contributed by atoms with E-state index < -0.39 is 0 Å². The van der Waals surface area contributed by atoms with Crippen LogP contribution in [0.2, 0.25) is 0 Å². The number of rotatable bonds is 6. The maximum atomic E-state index is 12.9. The molecule has 2 nitrogen and oxygen atoms in total. The molecule has 1 aromatic carbocycles. The smallest absolute Gasteiger partial charge is 0.123 e. The van der Waals surface area contributed by atoms with Gasteiger partial charge in [0.2, 0.25) is 0 Å². The number of methoxy groups -OCH3 is 1. The van der Waals surface area contributed by atoms with Crippen LogP contribution in [-0.2, 0) is 11.2 Å². The second kappa shape index (κ2) is 6.72. The maximum absolute atomic E-state index is 12.9. The Morgan fingerprint density at radius 3 is 2.71 bits per heavy atom. The molecule has 0 saturated carbocycles. The first-order valence-electron chi connectivity index (χ1n) is 6.02. The van der Waals surface area contributed by atoms with Gasteiger partial charge >= 0.3 is 0 Å². The van der Waals surface area contributed by atoms with Crippen LogP contribution in [0.4, 0.5) is 4.39 Å². The van der Waals surface area contributed by atoms with E-state index in [1.54, 1.807) is 13.2 Å². The van der Waals surface area contributed by atoms with Crippen molar-refractivity contribution in [1.82, 2.24) is 0 Å². The van der Waals surface area contributed by atoms with Gasteiger partial charge in [-0.05, 0) is 48.9 Å². The normalized spacial score (nSPS) is 14.6. The number of halogens is 1. The number of hydrogen-bond donors (Lipinski definition) is 1. The predicted molar refractivity (Wildman–Crippen MR) is 68.5 cm³/mol. The zero-order valence-corrected chi connectivity index (χ0v) is 10.9. The van der Waals surface area contributed by atoms with E-state index in [4.69, 9.17) is 10.5 Å². The summed E-state index contributed by atoms with van der Waals surface area (Å²) in [6.07, 6.45) is 1.71. The van der Waals surface area contributed by atoms with E-state index >= 15 is 0 Å². The van der Waals surface area contributed by atoms with Crippen LogP contribution in [0.3, 0.4) is 0 Å². The summed E-state index contributed by atoms with van der Waals surface area (Å²) in [5.41, 5.74) is 8.19. The molecule has 0 radical (unpaired) electrons. The number of benzene rings is 1. The Morgan fingerprint density at radius 2 is 2.12 bits per heavy atom. The molecule has 0 aliphatic carbocycles. The first-order valence-corrected chi connectivity index (χ1v) is 6.02. The molecule has 2 atom stereocenters. The lowest BCUT2D eigenvalue weighted by molar-refractivity contribution is 0.152. The summed E-state index contributed by atoms with van der Waals surface area (Å²) in [6, 6.07) is 4.98. The fourth-order valence-electron chi connectivity index (χ4n) is 2.12. The zero-order chi connectivity index (χ0) is 12.8.